The highest BCUT2D eigenvalue weighted by atomic mass is 32.2. The molecule has 1 aliphatic rings. The van der Waals surface area contributed by atoms with Gasteiger partial charge >= 0.3 is 0 Å². The topological polar surface area (TPSA) is 75.8 Å². The van der Waals surface area contributed by atoms with Crippen molar-refractivity contribution in [2.24, 2.45) is 4.99 Å². The van der Waals surface area contributed by atoms with E-state index in [0.717, 1.165) is 16.8 Å². The van der Waals surface area contributed by atoms with Gasteiger partial charge in [0.05, 0.1) is 15.5 Å². The summed E-state index contributed by atoms with van der Waals surface area (Å²) in [4.78, 5) is 30.5. The number of benzene rings is 2. The lowest BCUT2D eigenvalue weighted by atomic mass is 10.1. The maximum atomic E-state index is 12.8. The molecule has 6 nitrogen and oxygen atoms in total. The van der Waals surface area contributed by atoms with Crippen LogP contribution in [0.1, 0.15) is 29.2 Å². The zero-order valence-electron chi connectivity index (χ0n) is 16.2. The Hall–Kier alpha value is -2.93. The third-order valence-electron chi connectivity index (χ3n) is 4.58. The van der Waals surface area contributed by atoms with Crippen LogP contribution in [-0.4, -0.2) is 27.4 Å². The lowest BCUT2D eigenvalue weighted by Crippen LogP contribution is -2.28. The van der Waals surface area contributed by atoms with Gasteiger partial charge in [0.25, 0.3) is 11.6 Å². The Morgan fingerprint density at radius 2 is 1.82 bits per heavy atom. The molecule has 1 amide bonds. The van der Waals surface area contributed by atoms with Crippen molar-refractivity contribution in [3.05, 3.63) is 73.7 Å². The summed E-state index contributed by atoms with van der Waals surface area (Å²) in [6, 6.07) is 10.9. The third-order valence-corrected chi connectivity index (χ3v) is 5.59. The smallest absolute Gasteiger partial charge is 0.272 e. The van der Waals surface area contributed by atoms with Crippen LogP contribution in [-0.2, 0) is 4.79 Å². The highest BCUT2D eigenvalue weighted by Crippen LogP contribution is 2.36. The Morgan fingerprint density at radius 3 is 2.43 bits per heavy atom. The first-order valence-electron chi connectivity index (χ1n) is 8.93. The molecule has 0 bridgehead atoms. The van der Waals surface area contributed by atoms with Crippen molar-refractivity contribution in [2.75, 3.05) is 6.54 Å². The molecule has 144 valence electrons. The second kappa shape index (κ2) is 7.98. The summed E-state index contributed by atoms with van der Waals surface area (Å²) >= 11 is 1.29. The maximum Gasteiger partial charge on any atom is 0.272 e. The van der Waals surface area contributed by atoms with Gasteiger partial charge in [-0.3, -0.25) is 19.8 Å². The Morgan fingerprint density at radius 1 is 1.14 bits per heavy atom. The minimum Gasteiger partial charge on any atom is -0.287 e. The summed E-state index contributed by atoms with van der Waals surface area (Å²) in [5, 5.41) is 11.8. The van der Waals surface area contributed by atoms with Crippen molar-refractivity contribution in [1.29, 1.82) is 0 Å². The molecule has 0 spiro atoms. The SMILES string of the molecule is CCN1C(=O)/C(=C\c2ccc(C)c([N+](=O)[O-])c2)SC1=Nc1c(C)cccc1C. The molecular formula is C21H21N3O3S. The van der Waals surface area contributed by atoms with Gasteiger partial charge in [-0.25, -0.2) is 4.99 Å². The zero-order chi connectivity index (χ0) is 20.4. The molecule has 0 unspecified atom stereocenters. The Balaban J connectivity index is 2.00. The van der Waals surface area contributed by atoms with E-state index >= 15 is 0 Å². The minimum atomic E-state index is -0.410. The maximum absolute atomic E-state index is 12.8. The molecule has 1 fully saturated rings. The monoisotopic (exact) mass is 395 g/mol. The highest BCUT2D eigenvalue weighted by Gasteiger charge is 2.32. The van der Waals surface area contributed by atoms with Crippen LogP contribution in [0.4, 0.5) is 11.4 Å². The molecule has 2 aromatic rings. The number of hydrogen-bond acceptors (Lipinski definition) is 5. The van der Waals surface area contributed by atoms with Gasteiger partial charge in [0.2, 0.25) is 0 Å². The molecule has 1 aliphatic heterocycles. The lowest BCUT2D eigenvalue weighted by molar-refractivity contribution is -0.385. The van der Waals surface area contributed by atoms with Gasteiger partial charge in [-0.1, -0.05) is 30.3 Å². The third kappa shape index (κ3) is 3.84. The summed E-state index contributed by atoms with van der Waals surface area (Å²) in [6.07, 6.45) is 1.69. The number of carbonyl (C=O) groups excluding carboxylic acids is 1. The average molecular weight is 395 g/mol. The standard InChI is InChI=1S/C21H21N3O3S/c1-5-23-20(25)18(12-16-10-9-13(2)17(11-16)24(26)27)28-21(23)22-19-14(3)7-6-8-15(19)4/h6-12H,5H2,1-4H3/b18-12+,22-21?. The first kappa shape index (κ1) is 19.8. The molecule has 0 aromatic heterocycles. The van der Waals surface area contributed by atoms with Crippen molar-refractivity contribution in [3.8, 4) is 0 Å². The van der Waals surface area contributed by atoms with Gasteiger partial charge in [-0.15, -0.1) is 0 Å². The van der Waals surface area contributed by atoms with Crippen LogP contribution in [0.15, 0.2) is 46.3 Å². The quantitative estimate of drug-likeness (QED) is 0.408. The van der Waals surface area contributed by atoms with Gasteiger partial charge < -0.3 is 0 Å². The van der Waals surface area contributed by atoms with Gasteiger partial charge in [0.15, 0.2) is 5.17 Å². The number of nitrogens with zero attached hydrogens (tertiary/aromatic N) is 3. The van der Waals surface area contributed by atoms with E-state index in [4.69, 9.17) is 4.99 Å². The fraction of sp³-hybridized carbons (Fsp3) is 0.238. The summed E-state index contributed by atoms with van der Waals surface area (Å²) in [7, 11) is 0. The average Bonchev–Trinajstić information content (AvgIpc) is 2.94. The minimum absolute atomic E-state index is 0.0431. The number of carbonyl (C=O) groups is 1. The first-order chi connectivity index (χ1) is 13.3. The van der Waals surface area contributed by atoms with E-state index in [0.29, 0.717) is 27.7 Å². The number of hydrogen-bond donors (Lipinski definition) is 0. The second-order valence-corrected chi connectivity index (χ2v) is 7.61. The van der Waals surface area contributed by atoms with E-state index in [9.17, 15) is 14.9 Å². The molecule has 0 saturated carbocycles. The van der Waals surface area contributed by atoms with Crippen molar-refractivity contribution < 1.29 is 9.72 Å². The van der Waals surface area contributed by atoms with Crippen molar-refractivity contribution in [1.82, 2.24) is 4.90 Å². The number of nitro benzene ring substituents is 1. The van der Waals surface area contributed by atoms with E-state index in [1.54, 1.807) is 30.0 Å². The number of amidine groups is 1. The summed E-state index contributed by atoms with van der Waals surface area (Å²) in [6.45, 7) is 8.08. The number of nitro groups is 1. The van der Waals surface area contributed by atoms with Crippen LogP contribution >= 0.6 is 11.8 Å². The second-order valence-electron chi connectivity index (χ2n) is 6.60. The normalized spacial score (nSPS) is 17.0. The van der Waals surface area contributed by atoms with E-state index in [1.807, 2.05) is 39.0 Å². The van der Waals surface area contributed by atoms with Crippen molar-refractivity contribution in [3.63, 3.8) is 0 Å². The predicted molar refractivity (Wildman–Crippen MR) is 114 cm³/mol. The number of amides is 1. The number of rotatable bonds is 4. The molecule has 0 aliphatic carbocycles. The molecule has 0 N–H and O–H groups in total. The summed E-state index contributed by atoms with van der Waals surface area (Å²) < 4.78 is 0. The lowest BCUT2D eigenvalue weighted by Gasteiger charge is -2.13. The predicted octanol–water partition coefficient (Wildman–Crippen LogP) is 5.14. The Labute approximate surface area is 168 Å². The van der Waals surface area contributed by atoms with Crippen LogP contribution in [0.2, 0.25) is 0 Å². The number of likely N-dealkylation sites (N-methyl/N-ethyl adjacent to an activating group) is 1. The molecule has 2 aromatic carbocycles. The van der Waals surface area contributed by atoms with E-state index in [1.165, 1.54) is 17.8 Å². The highest BCUT2D eigenvalue weighted by molar-refractivity contribution is 8.18. The van der Waals surface area contributed by atoms with Gasteiger partial charge in [0.1, 0.15) is 0 Å². The van der Waals surface area contributed by atoms with Crippen LogP contribution in [0.25, 0.3) is 6.08 Å². The molecule has 7 heteroatoms. The van der Waals surface area contributed by atoms with E-state index in [2.05, 4.69) is 0 Å². The van der Waals surface area contributed by atoms with Crippen molar-refractivity contribution >= 4 is 40.3 Å². The summed E-state index contributed by atoms with van der Waals surface area (Å²) in [5.41, 5.74) is 4.21. The summed E-state index contributed by atoms with van der Waals surface area (Å²) in [5.74, 6) is -0.138. The zero-order valence-corrected chi connectivity index (χ0v) is 17.0. The number of para-hydroxylation sites is 1. The molecule has 1 heterocycles. The van der Waals surface area contributed by atoms with Crippen LogP contribution in [0, 0.1) is 30.9 Å². The van der Waals surface area contributed by atoms with Crippen LogP contribution < -0.4 is 0 Å². The Kier molecular flexibility index (Phi) is 5.65. The fourth-order valence-corrected chi connectivity index (χ4v) is 4.06. The Bertz CT molecular complexity index is 1010. The number of aryl methyl sites for hydroxylation is 3. The van der Waals surface area contributed by atoms with Crippen molar-refractivity contribution in [2.45, 2.75) is 27.7 Å². The fourth-order valence-electron chi connectivity index (χ4n) is 3.01. The molecule has 1 saturated heterocycles. The van der Waals surface area contributed by atoms with Gasteiger partial charge in [-0.2, -0.15) is 0 Å². The molecule has 28 heavy (non-hydrogen) atoms. The number of aliphatic imine (C=N–C) groups is 1. The number of thioether (sulfide) groups is 1. The first-order valence-corrected chi connectivity index (χ1v) is 9.74. The van der Waals surface area contributed by atoms with Gasteiger partial charge in [0, 0.05) is 18.2 Å². The van der Waals surface area contributed by atoms with Gasteiger partial charge in [-0.05, 0) is 62.2 Å². The molecule has 0 atom stereocenters. The molecule has 3 rings (SSSR count). The van der Waals surface area contributed by atoms with Crippen LogP contribution in [0.3, 0.4) is 0 Å². The van der Waals surface area contributed by atoms with E-state index in [-0.39, 0.29) is 11.6 Å². The molecular weight excluding hydrogens is 374 g/mol. The van der Waals surface area contributed by atoms with E-state index < -0.39 is 4.92 Å². The van der Waals surface area contributed by atoms with Crippen LogP contribution in [0.5, 0.6) is 0 Å². The largest absolute Gasteiger partial charge is 0.287 e. The molecule has 0 radical (unpaired) electrons.